The summed E-state index contributed by atoms with van der Waals surface area (Å²) in [6.45, 7) is 3.01. The van der Waals surface area contributed by atoms with Crippen molar-refractivity contribution >= 4 is 11.6 Å². The Balaban J connectivity index is 1.52. The van der Waals surface area contributed by atoms with E-state index in [1.807, 2.05) is 37.3 Å². The summed E-state index contributed by atoms with van der Waals surface area (Å²) in [5, 5.41) is 4.10. The smallest absolute Gasteiger partial charge is 0.232 e. The molecule has 1 aromatic heterocycles. The molecule has 1 saturated heterocycles. The van der Waals surface area contributed by atoms with Crippen LogP contribution in [0.5, 0.6) is 17.2 Å². The first-order valence-corrected chi connectivity index (χ1v) is 9.72. The molecule has 1 atom stereocenters. The van der Waals surface area contributed by atoms with Crippen LogP contribution in [-0.2, 0) is 4.79 Å². The van der Waals surface area contributed by atoms with Gasteiger partial charge in [-0.3, -0.25) is 4.79 Å². The first-order valence-electron chi connectivity index (χ1n) is 9.72. The van der Waals surface area contributed by atoms with Crippen LogP contribution in [0.15, 0.2) is 47.0 Å². The Labute approximate surface area is 174 Å². The molecule has 0 unspecified atom stereocenters. The van der Waals surface area contributed by atoms with E-state index in [1.54, 1.807) is 31.3 Å². The number of carbonyl (C=O) groups is 1. The number of nitrogens with zero attached hydrogens (tertiary/aromatic N) is 3. The molecular weight excluding hydrogens is 386 g/mol. The number of carbonyl (C=O) groups excluding carboxylic acids is 1. The van der Waals surface area contributed by atoms with Crippen molar-refractivity contribution < 1.29 is 23.5 Å². The molecule has 30 heavy (non-hydrogen) atoms. The van der Waals surface area contributed by atoms with E-state index in [0.29, 0.717) is 48.4 Å². The molecular formula is C22H23N3O5. The van der Waals surface area contributed by atoms with Gasteiger partial charge in [0, 0.05) is 24.7 Å². The average Bonchev–Trinajstić information content (AvgIpc) is 3.41. The third-order valence-corrected chi connectivity index (χ3v) is 5.03. The summed E-state index contributed by atoms with van der Waals surface area (Å²) >= 11 is 0. The van der Waals surface area contributed by atoms with Crippen molar-refractivity contribution in [3.05, 3.63) is 48.4 Å². The SMILES string of the molecule is CCOc1ccc(N2C[C@H](c3nc(-c4ccc(OC)cc4OC)no3)CC2=O)cc1. The molecule has 1 aliphatic heterocycles. The summed E-state index contributed by atoms with van der Waals surface area (Å²) in [6, 6.07) is 12.9. The van der Waals surface area contributed by atoms with Gasteiger partial charge in [-0.15, -0.1) is 0 Å². The summed E-state index contributed by atoms with van der Waals surface area (Å²) in [6.07, 6.45) is 0.314. The van der Waals surface area contributed by atoms with Crippen LogP contribution < -0.4 is 19.1 Å². The van der Waals surface area contributed by atoms with Gasteiger partial charge in [-0.25, -0.2) is 0 Å². The largest absolute Gasteiger partial charge is 0.497 e. The number of rotatable bonds is 7. The van der Waals surface area contributed by atoms with E-state index in [1.165, 1.54) is 0 Å². The number of benzene rings is 2. The lowest BCUT2D eigenvalue weighted by Gasteiger charge is -2.16. The molecule has 0 saturated carbocycles. The molecule has 3 aromatic rings. The van der Waals surface area contributed by atoms with Crippen LogP contribution in [0.1, 0.15) is 25.2 Å². The van der Waals surface area contributed by atoms with Gasteiger partial charge in [-0.05, 0) is 43.3 Å². The van der Waals surface area contributed by atoms with Crippen LogP contribution in [-0.4, -0.2) is 43.4 Å². The Kier molecular flexibility index (Phi) is 5.56. The molecule has 0 bridgehead atoms. The molecule has 2 aromatic carbocycles. The molecule has 0 spiro atoms. The maximum Gasteiger partial charge on any atom is 0.232 e. The van der Waals surface area contributed by atoms with Gasteiger partial charge in [0.15, 0.2) is 0 Å². The zero-order valence-corrected chi connectivity index (χ0v) is 17.1. The van der Waals surface area contributed by atoms with Crippen molar-refractivity contribution in [2.24, 2.45) is 0 Å². The predicted molar refractivity (Wildman–Crippen MR) is 110 cm³/mol. The molecule has 0 radical (unpaired) electrons. The van der Waals surface area contributed by atoms with Crippen molar-refractivity contribution in [1.29, 1.82) is 0 Å². The Morgan fingerprint density at radius 3 is 2.57 bits per heavy atom. The third-order valence-electron chi connectivity index (χ3n) is 5.03. The van der Waals surface area contributed by atoms with Crippen molar-refractivity contribution in [2.75, 3.05) is 32.3 Å². The molecule has 4 rings (SSSR count). The number of anilines is 1. The summed E-state index contributed by atoms with van der Waals surface area (Å²) in [5.74, 6) is 2.73. The predicted octanol–water partition coefficient (Wildman–Crippen LogP) is 3.67. The maximum atomic E-state index is 12.6. The fourth-order valence-corrected chi connectivity index (χ4v) is 3.51. The second-order valence-corrected chi connectivity index (χ2v) is 6.85. The van der Waals surface area contributed by atoms with Gasteiger partial charge in [0.25, 0.3) is 0 Å². The molecule has 1 aliphatic rings. The van der Waals surface area contributed by atoms with Gasteiger partial charge in [0.1, 0.15) is 17.2 Å². The molecule has 0 N–H and O–H groups in total. The second kappa shape index (κ2) is 8.44. The van der Waals surface area contributed by atoms with Crippen LogP contribution in [0.25, 0.3) is 11.4 Å². The van der Waals surface area contributed by atoms with Gasteiger partial charge in [-0.2, -0.15) is 4.98 Å². The molecule has 2 heterocycles. The quantitative estimate of drug-likeness (QED) is 0.588. The maximum absolute atomic E-state index is 12.6. The van der Waals surface area contributed by atoms with Crippen LogP contribution in [0.4, 0.5) is 5.69 Å². The summed E-state index contributed by atoms with van der Waals surface area (Å²) in [7, 11) is 3.16. The lowest BCUT2D eigenvalue weighted by Crippen LogP contribution is -2.24. The first kappa shape index (κ1) is 19.8. The van der Waals surface area contributed by atoms with E-state index < -0.39 is 0 Å². The molecule has 156 valence electrons. The highest BCUT2D eigenvalue weighted by atomic mass is 16.5. The van der Waals surface area contributed by atoms with Crippen molar-refractivity contribution in [3.8, 4) is 28.6 Å². The van der Waals surface area contributed by atoms with E-state index >= 15 is 0 Å². The van der Waals surface area contributed by atoms with Crippen LogP contribution in [0.2, 0.25) is 0 Å². The number of hydrogen-bond acceptors (Lipinski definition) is 7. The zero-order chi connectivity index (χ0) is 21.1. The Hall–Kier alpha value is -3.55. The summed E-state index contributed by atoms with van der Waals surface area (Å²) in [4.78, 5) is 18.9. The van der Waals surface area contributed by atoms with E-state index in [4.69, 9.17) is 18.7 Å². The van der Waals surface area contributed by atoms with Gasteiger partial charge in [0.05, 0.1) is 32.3 Å². The van der Waals surface area contributed by atoms with Crippen LogP contribution in [0, 0.1) is 0 Å². The average molecular weight is 409 g/mol. The number of ether oxygens (including phenoxy) is 3. The van der Waals surface area contributed by atoms with Gasteiger partial charge < -0.3 is 23.6 Å². The highest BCUT2D eigenvalue weighted by molar-refractivity contribution is 5.96. The molecule has 8 nitrogen and oxygen atoms in total. The van der Waals surface area contributed by atoms with Gasteiger partial charge in [-0.1, -0.05) is 5.16 Å². The monoisotopic (exact) mass is 409 g/mol. The van der Waals surface area contributed by atoms with E-state index in [9.17, 15) is 4.79 Å². The summed E-state index contributed by atoms with van der Waals surface area (Å²) in [5.41, 5.74) is 1.52. The Morgan fingerprint density at radius 2 is 1.87 bits per heavy atom. The van der Waals surface area contributed by atoms with Crippen molar-refractivity contribution in [1.82, 2.24) is 10.1 Å². The highest BCUT2D eigenvalue weighted by Gasteiger charge is 2.35. The molecule has 0 aliphatic carbocycles. The first-order chi connectivity index (χ1) is 14.6. The Morgan fingerprint density at radius 1 is 1.10 bits per heavy atom. The van der Waals surface area contributed by atoms with Crippen LogP contribution in [0.3, 0.4) is 0 Å². The third kappa shape index (κ3) is 3.80. The summed E-state index contributed by atoms with van der Waals surface area (Å²) < 4.78 is 21.6. The van der Waals surface area contributed by atoms with Gasteiger partial charge in [0.2, 0.25) is 17.6 Å². The lowest BCUT2D eigenvalue weighted by atomic mass is 10.1. The number of aromatic nitrogens is 2. The van der Waals surface area contributed by atoms with Gasteiger partial charge >= 0.3 is 0 Å². The van der Waals surface area contributed by atoms with E-state index in [2.05, 4.69) is 10.1 Å². The standard InChI is InChI=1S/C22H23N3O5/c1-4-29-16-7-5-15(6-8-16)25-13-14(11-20(25)26)22-23-21(24-30-22)18-10-9-17(27-2)12-19(18)28-3/h5-10,12,14H,4,11,13H2,1-3H3/t14-/m1/s1. The fourth-order valence-electron chi connectivity index (χ4n) is 3.51. The second-order valence-electron chi connectivity index (χ2n) is 6.85. The number of amides is 1. The zero-order valence-electron chi connectivity index (χ0n) is 17.1. The fraction of sp³-hybridized carbons (Fsp3) is 0.318. The van der Waals surface area contributed by atoms with Crippen molar-refractivity contribution in [3.63, 3.8) is 0 Å². The number of methoxy groups -OCH3 is 2. The molecule has 1 amide bonds. The van der Waals surface area contributed by atoms with E-state index in [-0.39, 0.29) is 11.8 Å². The minimum absolute atomic E-state index is 0.0194. The minimum atomic E-state index is -0.172. The molecule has 1 fully saturated rings. The number of hydrogen-bond donors (Lipinski definition) is 0. The highest BCUT2D eigenvalue weighted by Crippen LogP contribution is 2.35. The van der Waals surface area contributed by atoms with Crippen LogP contribution >= 0.6 is 0 Å². The lowest BCUT2D eigenvalue weighted by molar-refractivity contribution is -0.117. The van der Waals surface area contributed by atoms with E-state index in [0.717, 1.165) is 11.4 Å². The molecule has 8 heteroatoms. The van der Waals surface area contributed by atoms with Crippen molar-refractivity contribution in [2.45, 2.75) is 19.3 Å². The Bertz CT molecular complexity index is 1030. The normalized spacial score (nSPS) is 16.0. The topological polar surface area (TPSA) is 86.9 Å². The minimum Gasteiger partial charge on any atom is -0.497 e.